The van der Waals surface area contributed by atoms with E-state index in [1.165, 1.54) is 11.0 Å². The molecule has 0 spiro atoms. The van der Waals surface area contributed by atoms with Gasteiger partial charge in [-0.05, 0) is 30.3 Å². The average molecular weight is 548 g/mol. The van der Waals surface area contributed by atoms with Crippen LogP contribution in [0.4, 0.5) is 24.5 Å². The molecule has 0 bridgehead atoms. The van der Waals surface area contributed by atoms with Gasteiger partial charge in [-0.25, -0.2) is 0 Å². The Kier molecular flexibility index (Phi) is 7.51. The number of ether oxygens (including phenoxy) is 2. The number of benzene rings is 2. The van der Waals surface area contributed by atoms with Crippen LogP contribution in [-0.2, 0) is 20.6 Å². The maximum atomic E-state index is 13.2. The summed E-state index contributed by atoms with van der Waals surface area (Å²) >= 11 is 0. The first-order chi connectivity index (χ1) is 18.7. The van der Waals surface area contributed by atoms with Gasteiger partial charge in [-0.1, -0.05) is 6.07 Å². The Balaban J connectivity index is 1.16. The van der Waals surface area contributed by atoms with Crippen LogP contribution < -0.4 is 25.0 Å². The molecule has 2 fully saturated rings. The van der Waals surface area contributed by atoms with Crippen molar-refractivity contribution >= 4 is 29.1 Å². The fraction of sp³-hybridized carbons (Fsp3) is 0.423. The fourth-order valence-electron chi connectivity index (χ4n) is 4.90. The zero-order chi connectivity index (χ0) is 27.6. The van der Waals surface area contributed by atoms with E-state index in [4.69, 9.17) is 9.47 Å². The number of halogens is 3. The molecule has 0 aromatic heterocycles. The van der Waals surface area contributed by atoms with Crippen LogP contribution in [-0.4, -0.2) is 86.2 Å². The summed E-state index contributed by atoms with van der Waals surface area (Å²) in [6, 6.07) is 9.21. The number of alkyl halides is 3. The van der Waals surface area contributed by atoms with Gasteiger partial charge in [0.1, 0.15) is 6.04 Å². The summed E-state index contributed by atoms with van der Waals surface area (Å²) in [4.78, 5) is 43.8. The third-order valence-electron chi connectivity index (χ3n) is 6.96. The van der Waals surface area contributed by atoms with Gasteiger partial charge in [0.15, 0.2) is 11.5 Å². The minimum Gasteiger partial charge on any atom is -0.454 e. The van der Waals surface area contributed by atoms with Crippen LogP contribution >= 0.6 is 0 Å². The van der Waals surface area contributed by atoms with E-state index in [0.29, 0.717) is 49.1 Å². The molecule has 3 heterocycles. The molecule has 3 aliphatic heterocycles. The van der Waals surface area contributed by atoms with Crippen LogP contribution in [0.5, 0.6) is 11.5 Å². The Morgan fingerprint density at radius 3 is 2.54 bits per heavy atom. The summed E-state index contributed by atoms with van der Waals surface area (Å²) in [5, 5.41) is 5.45. The quantitative estimate of drug-likeness (QED) is 0.570. The van der Waals surface area contributed by atoms with Crippen molar-refractivity contribution < 1.29 is 37.0 Å². The molecule has 1 unspecified atom stereocenters. The molecule has 0 aliphatic carbocycles. The molecule has 3 amide bonds. The lowest BCUT2D eigenvalue weighted by atomic mass is 10.1. The fourth-order valence-corrected chi connectivity index (χ4v) is 4.90. The number of rotatable bonds is 6. The summed E-state index contributed by atoms with van der Waals surface area (Å²) in [6.07, 6.45) is -4.63. The molecular weight excluding hydrogens is 519 g/mol. The lowest BCUT2D eigenvalue weighted by molar-refractivity contribution is -0.145. The molecule has 13 heteroatoms. The predicted octanol–water partition coefficient (Wildman–Crippen LogP) is 1.91. The molecule has 0 saturated carbocycles. The van der Waals surface area contributed by atoms with E-state index in [2.05, 4.69) is 10.6 Å². The second-order valence-corrected chi connectivity index (χ2v) is 9.53. The summed E-state index contributed by atoms with van der Waals surface area (Å²) in [6.45, 7) is 2.56. The molecule has 5 rings (SSSR count). The van der Waals surface area contributed by atoms with Crippen molar-refractivity contribution in [1.82, 2.24) is 15.1 Å². The monoisotopic (exact) mass is 547 g/mol. The highest BCUT2D eigenvalue weighted by molar-refractivity contribution is 5.97. The highest BCUT2D eigenvalue weighted by atomic mass is 19.4. The first-order valence-electron chi connectivity index (χ1n) is 12.6. The maximum Gasteiger partial charge on any atom is 0.416 e. The largest absolute Gasteiger partial charge is 0.454 e. The molecule has 208 valence electrons. The molecule has 10 nitrogen and oxygen atoms in total. The Morgan fingerprint density at radius 1 is 1.00 bits per heavy atom. The van der Waals surface area contributed by atoms with Crippen molar-refractivity contribution in [3.63, 3.8) is 0 Å². The van der Waals surface area contributed by atoms with Crippen molar-refractivity contribution in [2.24, 2.45) is 0 Å². The number of fused-ring (bicyclic) bond motifs is 1. The standard InChI is InChI=1S/C26H28F3N5O5/c27-26(28,29)17-2-1-3-19(12-17)33-10-8-32(9-11-33)15-24(36)34-7-6-30-25(37)20(34)14-23(35)31-18-4-5-21-22(13-18)39-16-38-21/h1-5,12-13,20H,6-11,14-16H2,(H,30,37)(H,31,35). The number of nitrogens with zero attached hydrogens (tertiary/aromatic N) is 3. The number of nitrogens with one attached hydrogen (secondary N) is 2. The predicted molar refractivity (Wildman–Crippen MR) is 134 cm³/mol. The number of hydrogen-bond acceptors (Lipinski definition) is 7. The zero-order valence-corrected chi connectivity index (χ0v) is 21.0. The molecule has 1 atom stereocenters. The molecule has 39 heavy (non-hydrogen) atoms. The Morgan fingerprint density at radius 2 is 1.77 bits per heavy atom. The van der Waals surface area contributed by atoms with E-state index >= 15 is 0 Å². The van der Waals surface area contributed by atoms with Crippen LogP contribution in [0, 0.1) is 0 Å². The van der Waals surface area contributed by atoms with E-state index in [1.54, 1.807) is 24.3 Å². The van der Waals surface area contributed by atoms with Crippen molar-refractivity contribution in [1.29, 1.82) is 0 Å². The normalized spacial score (nSPS) is 19.6. The number of carbonyl (C=O) groups is 3. The van der Waals surface area contributed by atoms with Crippen LogP contribution in [0.1, 0.15) is 12.0 Å². The van der Waals surface area contributed by atoms with Crippen LogP contribution in [0.2, 0.25) is 0 Å². The molecule has 0 radical (unpaired) electrons. The highest BCUT2D eigenvalue weighted by Gasteiger charge is 2.36. The SMILES string of the molecule is O=C(CC1C(=O)NCCN1C(=O)CN1CCN(c2cccc(C(F)(F)F)c2)CC1)Nc1ccc2c(c1)OCO2. The van der Waals surface area contributed by atoms with Crippen molar-refractivity contribution in [2.75, 3.05) is 62.8 Å². The Hall–Kier alpha value is -4.00. The van der Waals surface area contributed by atoms with Gasteiger partial charge in [-0.3, -0.25) is 19.3 Å². The Labute approximate surface area is 222 Å². The molecule has 2 aromatic carbocycles. The Bertz CT molecular complexity index is 1250. The third kappa shape index (κ3) is 6.19. The number of hydrogen-bond donors (Lipinski definition) is 2. The van der Waals surface area contributed by atoms with E-state index in [-0.39, 0.29) is 38.8 Å². The van der Waals surface area contributed by atoms with Gasteiger partial charge < -0.3 is 29.9 Å². The number of amides is 3. The third-order valence-corrected chi connectivity index (χ3v) is 6.96. The van der Waals surface area contributed by atoms with Crippen LogP contribution in [0.3, 0.4) is 0 Å². The minimum atomic E-state index is -4.41. The lowest BCUT2D eigenvalue weighted by Gasteiger charge is -2.39. The van der Waals surface area contributed by atoms with Gasteiger partial charge in [-0.15, -0.1) is 0 Å². The van der Waals surface area contributed by atoms with Gasteiger partial charge >= 0.3 is 6.18 Å². The molecular formula is C26H28F3N5O5. The van der Waals surface area contributed by atoms with Crippen LogP contribution in [0.25, 0.3) is 0 Å². The average Bonchev–Trinajstić information content (AvgIpc) is 3.38. The second-order valence-electron chi connectivity index (χ2n) is 9.53. The molecule has 2 saturated heterocycles. The van der Waals surface area contributed by atoms with Gasteiger partial charge in [0.05, 0.1) is 18.5 Å². The van der Waals surface area contributed by atoms with E-state index in [1.807, 2.05) is 9.80 Å². The number of anilines is 2. The first kappa shape index (κ1) is 26.6. The second kappa shape index (κ2) is 11.0. The van der Waals surface area contributed by atoms with E-state index in [0.717, 1.165) is 12.1 Å². The van der Waals surface area contributed by atoms with Crippen molar-refractivity contribution in [3.8, 4) is 11.5 Å². The van der Waals surface area contributed by atoms with E-state index < -0.39 is 29.6 Å². The summed E-state index contributed by atoms with van der Waals surface area (Å²) in [7, 11) is 0. The minimum absolute atomic E-state index is 0.0456. The number of carbonyl (C=O) groups excluding carboxylic acids is 3. The smallest absolute Gasteiger partial charge is 0.416 e. The summed E-state index contributed by atoms with van der Waals surface area (Å²) in [5.41, 5.74) is 0.267. The topological polar surface area (TPSA) is 103 Å². The molecule has 3 aliphatic rings. The van der Waals surface area contributed by atoms with Gasteiger partial charge in [0.25, 0.3) is 0 Å². The van der Waals surface area contributed by atoms with Crippen molar-refractivity contribution in [3.05, 3.63) is 48.0 Å². The van der Waals surface area contributed by atoms with Gasteiger partial charge in [0.2, 0.25) is 24.5 Å². The lowest BCUT2D eigenvalue weighted by Crippen LogP contribution is -2.60. The molecule has 2 N–H and O–H groups in total. The van der Waals surface area contributed by atoms with Gasteiger partial charge in [0, 0.05) is 56.7 Å². The summed E-state index contributed by atoms with van der Waals surface area (Å²) in [5.74, 6) is -0.0216. The number of piperazine rings is 2. The van der Waals surface area contributed by atoms with Crippen molar-refractivity contribution in [2.45, 2.75) is 18.6 Å². The summed E-state index contributed by atoms with van der Waals surface area (Å²) < 4.78 is 49.8. The van der Waals surface area contributed by atoms with Gasteiger partial charge in [-0.2, -0.15) is 13.2 Å². The van der Waals surface area contributed by atoms with E-state index in [9.17, 15) is 27.6 Å². The maximum absolute atomic E-state index is 13.2. The zero-order valence-electron chi connectivity index (χ0n) is 21.0. The van der Waals surface area contributed by atoms with Crippen LogP contribution in [0.15, 0.2) is 42.5 Å². The first-order valence-corrected chi connectivity index (χ1v) is 12.6. The molecule has 2 aromatic rings. The highest BCUT2D eigenvalue weighted by Crippen LogP contribution is 2.34.